The standard InChI is InChI=1S/C25H31FN4O2/c26-19-6-1-4-16(12-19)23-11-10-18(15-28-23)25(32)29-21-8-2-5-17(13-21)24(31)30-22-9-3-7-20(27)14-22/h1,4,6,10-12,15,17,20-22H,2-3,5,7-9,13-14,27H2,(H,29,32)(H,30,31)/t17?,20-,21?,22+/m0/s1. The van der Waals surface area contributed by atoms with Gasteiger partial charge in [0.05, 0.1) is 11.3 Å². The molecule has 0 saturated heterocycles. The van der Waals surface area contributed by atoms with E-state index in [-0.39, 0.29) is 41.7 Å². The SMILES string of the molecule is N[C@H]1CCC[C@@H](NC(=O)C2CCCC(NC(=O)c3ccc(-c4cccc(F)c4)nc3)C2)C1. The molecule has 170 valence electrons. The van der Waals surface area contributed by atoms with Gasteiger partial charge in [-0.1, -0.05) is 18.6 Å². The molecule has 6 nitrogen and oxygen atoms in total. The maximum absolute atomic E-state index is 13.4. The molecule has 2 amide bonds. The molecule has 1 heterocycles. The number of hydrogen-bond donors (Lipinski definition) is 3. The largest absolute Gasteiger partial charge is 0.353 e. The van der Waals surface area contributed by atoms with Crippen LogP contribution in [-0.2, 0) is 4.79 Å². The molecular weight excluding hydrogens is 407 g/mol. The van der Waals surface area contributed by atoms with E-state index in [0.29, 0.717) is 23.2 Å². The van der Waals surface area contributed by atoms with Gasteiger partial charge in [-0.05, 0) is 69.2 Å². The topological polar surface area (TPSA) is 97.1 Å². The summed E-state index contributed by atoms with van der Waals surface area (Å²) >= 11 is 0. The number of amides is 2. The number of carbonyl (C=O) groups excluding carboxylic acids is 2. The van der Waals surface area contributed by atoms with Crippen molar-refractivity contribution in [2.24, 2.45) is 11.7 Å². The number of carbonyl (C=O) groups is 2. The number of nitrogens with one attached hydrogen (secondary N) is 2. The molecule has 2 aliphatic carbocycles. The van der Waals surface area contributed by atoms with Crippen LogP contribution in [0.2, 0.25) is 0 Å². The molecule has 0 spiro atoms. The Balaban J connectivity index is 1.31. The van der Waals surface area contributed by atoms with Gasteiger partial charge in [-0.25, -0.2) is 4.39 Å². The van der Waals surface area contributed by atoms with Gasteiger partial charge in [0.15, 0.2) is 0 Å². The maximum Gasteiger partial charge on any atom is 0.253 e. The molecule has 2 saturated carbocycles. The van der Waals surface area contributed by atoms with Gasteiger partial charge in [0.1, 0.15) is 5.82 Å². The summed E-state index contributed by atoms with van der Waals surface area (Å²) in [5.41, 5.74) is 7.76. The summed E-state index contributed by atoms with van der Waals surface area (Å²) in [7, 11) is 0. The Labute approximate surface area is 188 Å². The average molecular weight is 439 g/mol. The van der Waals surface area contributed by atoms with Gasteiger partial charge in [-0.2, -0.15) is 0 Å². The van der Waals surface area contributed by atoms with E-state index >= 15 is 0 Å². The van der Waals surface area contributed by atoms with E-state index in [4.69, 9.17) is 5.73 Å². The van der Waals surface area contributed by atoms with Gasteiger partial charge < -0.3 is 16.4 Å². The Kier molecular flexibility index (Phi) is 7.15. The summed E-state index contributed by atoms with van der Waals surface area (Å²) in [5, 5.41) is 6.24. The molecular formula is C25H31FN4O2. The predicted octanol–water partition coefficient (Wildman–Crippen LogP) is 3.56. The predicted molar refractivity (Wildman–Crippen MR) is 121 cm³/mol. The molecule has 1 aromatic carbocycles. The highest BCUT2D eigenvalue weighted by molar-refractivity contribution is 5.94. The first kappa shape index (κ1) is 22.4. The molecule has 2 fully saturated rings. The van der Waals surface area contributed by atoms with Crippen molar-refractivity contribution in [1.29, 1.82) is 0 Å². The molecule has 0 aliphatic heterocycles. The van der Waals surface area contributed by atoms with E-state index in [2.05, 4.69) is 15.6 Å². The average Bonchev–Trinajstić information content (AvgIpc) is 2.79. The quantitative estimate of drug-likeness (QED) is 0.665. The minimum absolute atomic E-state index is 0.0384. The summed E-state index contributed by atoms with van der Waals surface area (Å²) in [6.07, 6.45) is 8.69. The van der Waals surface area contributed by atoms with Crippen LogP contribution in [0.15, 0.2) is 42.6 Å². The van der Waals surface area contributed by atoms with Crippen LogP contribution in [0.5, 0.6) is 0 Å². The molecule has 0 bridgehead atoms. The molecule has 4 atom stereocenters. The number of rotatable bonds is 5. The van der Waals surface area contributed by atoms with Crippen LogP contribution >= 0.6 is 0 Å². The summed E-state index contributed by atoms with van der Waals surface area (Å²) in [4.78, 5) is 29.8. The Bertz CT molecular complexity index is 949. The number of halogens is 1. The highest BCUT2D eigenvalue weighted by Crippen LogP contribution is 2.26. The van der Waals surface area contributed by atoms with Crippen LogP contribution in [-0.4, -0.2) is 34.9 Å². The lowest BCUT2D eigenvalue weighted by atomic mass is 9.84. The Morgan fingerprint density at radius 1 is 0.969 bits per heavy atom. The number of hydrogen-bond acceptors (Lipinski definition) is 4. The number of aromatic nitrogens is 1. The van der Waals surface area contributed by atoms with Gasteiger partial charge in [-0.3, -0.25) is 14.6 Å². The van der Waals surface area contributed by atoms with Crippen molar-refractivity contribution in [3.63, 3.8) is 0 Å². The van der Waals surface area contributed by atoms with Crippen LogP contribution in [0.4, 0.5) is 4.39 Å². The zero-order valence-corrected chi connectivity index (χ0v) is 18.2. The number of pyridine rings is 1. The summed E-state index contributed by atoms with van der Waals surface area (Å²) in [6, 6.07) is 9.92. The minimum Gasteiger partial charge on any atom is -0.353 e. The molecule has 2 aromatic rings. The third-order valence-corrected chi connectivity index (χ3v) is 6.59. The summed E-state index contributed by atoms with van der Waals surface area (Å²) in [5.74, 6) is -0.522. The highest BCUT2D eigenvalue weighted by atomic mass is 19.1. The first-order valence-corrected chi connectivity index (χ1v) is 11.6. The lowest BCUT2D eigenvalue weighted by molar-refractivity contribution is -0.127. The number of nitrogens with zero attached hydrogens (tertiary/aromatic N) is 1. The van der Waals surface area contributed by atoms with E-state index < -0.39 is 0 Å². The number of nitrogens with two attached hydrogens (primary N) is 1. The van der Waals surface area contributed by atoms with Crippen LogP contribution in [0.1, 0.15) is 61.7 Å². The fourth-order valence-corrected chi connectivity index (χ4v) is 4.85. The van der Waals surface area contributed by atoms with E-state index in [9.17, 15) is 14.0 Å². The van der Waals surface area contributed by atoms with E-state index in [1.807, 2.05) is 0 Å². The van der Waals surface area contributed by atoms with Crippen molar-refractivity contribution in [3.05, 3.63) is 54.0 Å². The molecule has 1 aromatic heterocycles. The Morgan fingerprint density at radius 3 is 2.47 bits per heavy atom. The van der Waals surface area contributed by atoms with Gasteiger partial charge in [0.2, 0.25) is 5.91 Å². The molecule has 2 aliphatic rings. The van der Waals surface area contributed by atoms with Gasteiger partial charge in [-0.15, -0.1) is 0 Å². The van der Waals surface area contributed by atoms with Crippen molar-refractivity contribution in [2.75, 3.05) is 0 Å². The van der Waals surface area contributed by atoms with E-state index in [1.54, 1.807) is 24.3 Å². The van der Waals surface area contributed by atoms with E-state index in [0.717, 1.165) is 44.9 Å². The van der Waals surface area contributed by atoms with Crippen molar-refractivity contribution in [2.45, 2.75) is 69.5 Å². The van der Waals surface area contributed by atoms with Crippen LogP contribution in [0, 0.1) is 11.7 Å². The highest BCUT2D eigenvalue weighted by Gasteiger charge is 2.30. The van der Waals surface area contributed by atoms with Crippen LogP contribution in [0.3, 0.4) is 0 Å². The molecule has 0 radical (unpaired) electrons. The van der Waals surface area contributed by atoms with Crippen molar-refractivity contribution in [1.82, 2.24) is 15.6 Å². The Hall–Kier alpha value is -2.80. The first-order chi connectivity index (χ1) is 15.5. The fraction of sp³-hybridized carbons (Fsp3) is 0.480. The third kappa shape index (κ3) is 5.71. The second-order valence-electron chi connectivity index (χ2n) is 9.11. The lowest BCUT2D eigenvalue weighted by Crippen LogP contribution is -2.47. The normalized spacial score (nSPS) is 25.7. The van der Waals surface area contributed by atoms with Gasteiger partial charge >= 0.3 is 0 Å². The zero-order valence-electron chi connectivity index (χ0n) is 18.2. The molecule has 7 heteroatoms. The van der Waals surface area contributed by atoms with Crippen molar-refractivity contribution < 1.29 is 14.0 Å². The zero-order chi connectivity index (χ0) is 22.5. The third-order valence-electron chi connectivity index (χ3n) is 6.59. The Morgan fingerprint density at radius 2 is 1.75 bits per heavy atom. The second kappa shape index (κ2) is 10.2. The van der Waals surface area contributed by atoms with Crippen molar-refractivity contribution >= 4 is 11.8 Å². The monoisotopic (exact) mass is 438 g/mol. The lowest BCUT2D eigenvalue weighted by Gasteiger charge is -2.32. The summed E-state index contributed by atoms with van der Waals surface area (Å²) < 4.78 is 13.4. The van der Waals surface area contributed by atoms with Crippen LogP contribution < -0.4 is 16.4 Å². The van der Waals surface area contributed by atoms with E-state index in [1.165, 1.54) is 18.3 Å². The summed E-state index contributed by atoms with van der Waals surface area (Å²) in [6.45, 7) is 0. The molecule has 2 unspecified atom stereocenters. The molecule has 4 rings (SSSR count). The van der Waals surface area contributed by atoms with Gasteiger partial charge in [0.25, 0.3) is 5.91 Å². The van der Waals surface area contributed by atoms with Crippen molar-refractivity contribution in [3.8, 4) is 11.3 Å². The number of benzene rings is 1. The van der Waals surface area contributed by atoms with Gasteiger partial charge in [0, 0.05) is 35.8 Å². The second-order valence-corrected chi connectivity index (χ2v) is 9.11. The fourth-order valence-electron chi connectivity index (χ4n) is 4.85. The minimum atomic E-state index is -0.326. The van der Waals surface area contributed by atoms with Crippen LogP contribution in [0.25, 0.3) is 11.3 Å². The first-order valence-electron chi connectivity index (χ1n) is 11.6. The molecule has 32 heavy (non-hydrogen) atoms. The smallest absolute Gasteiger partial charge is 0.253 e. The maximum atomic E-state index is 13.4. The molecule has 4 N–H and O–H groups in total.